The summed E-state index contributed by atoms with van der Waals surface area (Å²) in [5.41, 5.74) is 6.36. The minimum absolute atomic E-state index is 0.221. The Labute approximate surface area is 311 Å². The van der Waals surface area contributed by atoms with Crippen LogP contribution < -0.4 is 9.64 Å². The Hall–Kier alpha value is -3.99. The van der Waals surface area contributed by atoms with Crippen LogP contribution in [0, 0.1) is 12.7 Å². The van der Waals surface area contributed by atoms with E-state index in [0.29, 0.717) is 57.1 Å². The van der Waals surface area contributed by atoms with Gasteiger partial charge < -0.3 is 19.5 Å². The highest BCUT2D eigenvalue weighted by Gasteiger charge is 2.57. The summed E-state index contributed by atoms with van der Waals surface area (Å²) < 4.78 is 42.6. The average molecular weight is 724 g/mol. The highest BCUT2D eigenvalue weighted by molar-refractivity contribution is 6.05. The number of anilines is 1. The number of halogens is 2. The fraction of sp³-hybridized carbons (Fsp3) is 0.512. The minimum Gasteiger partial charge on any atom is -0.461 e. The molecule has 4 fully saturated rings. The largest absolute Gasteiger partial charge is 0.461 e. The van der Waals surface area contributed by atoms with Gasteiger partial charge in [-0.15, -0.1) is 0 Å². The van der Waals surface area contributed by atoms with Crippen molar-refractivity contribution in [2.45, 2.75) is 95.9 Å². The molecule has 4 aromatic rings. The van der Waals surface area contributed by atoms with Crippen molar-refractivity contribution in [3.63, 3.8) is 0 Å². The third-order valence-electron chi connectivity index (χ3n) is 12.2. The van der Waals surface area contributed by atoms with Gasteiger partial charge in [-0.3, -0.25) is 9.88 Å². The first kappa shape index (κ1) is 36.0. The van der Waals surface area contributed by atoms with E-state index in [4.69, 9.17) is 24.4 Å². The Morgan fingerprint density at radius 2 is 1.94 bits per heavy atom. The van der Waals surface area contributed by atoms with Crippen LogP contribution in [0.1, 0.15) is 87.7 Å². The van der Waals surface area contributed by atoms with Crippen LogP contribution in [-0.4, -0.2) is 88.3 Å². The molecule has 9 rings (SSSR count). The molecule has 0 bridgehead atoms. The summed E-state index contributed by atoms with van der Waals surface area (Å²) in [7, 11) is 0. The third kappa shape index (κ3) is 5.74. The predicted molar refractivity (Wildman–Crippen MR) is 206 cm³/mol. The Morgan fingerprint density at radius 3 is 2.70 bits per heavy atom. The smallest absolute Gasteiger partial charge is 0.318 e. The predicted octanol–water partition coefficient (Wildman–Crippen LogP) is 7.97. The van der Waals surface area contributed by atoms with E-state index in [1.54, 1.807) is 13.0 Å². The fourth-order valence-corrected chi connectivity index (χ4v) is 9.78. The molecular formula is C43H51F2N5O3. The molecule has 0 radical (unpaired) electrons. The van der Waals surface area contributed by atoms with Gasteiger partial charge in [0.1, 0.15) is 30.0 Å². The molecule has 3 aliphatic heterocycles. The SMILES string of the molecule is C=Cc1c(C)cc2ccc(F)c(CC)c2c1-c1nccc2c1C1(CC1)c1nc(OC[C@@]34CCCN3CC(F)C4)nc(N3CCOC[C@@](C)(O)C3)c1-2.CC. The molecule has 3 saturated heterocycles. The maximum Gasteiger partial charge on any atom is 0.318 e. The number of alkyl halides is 1. The van der Waals surface area contributed by atoms with Crippen molar-refractivity contribution in [2.24, 2.45) is 0 Å². The molecule has 1 N–H and O–H groups in total. The highest BCUT2D eigenvalue weighted by atomic mass is 19.1. The molecule has 1 saturated carbocycles. The lowest BCUT2D eigenvalue weighted by Crippen LogP contribution is -2.44. The van der Waals surface area contributed by atoms with Crippen LogP contribution in [0.15, 0.2) is 37.0 Å². The molecular weight excluding hydrogens is 673 g/mol. The molecule has 5 heterocycles. The number of nitrogens with zero attached hydrogens (tertiary/aromatic N) is 5. The van der Waals surface area contributed by atoms with Crippen LogP contribution in [0.25, 0.3) is 39.2 Å². The number of aryl methyl sites for hydroxylation is 2. The topological polar surface area (TPSA) is 83.8 Å². The van der Waals surface area contributed by atoms with Crippen LogP contribution in [0.3, 0.4) is 0 Å². The van der Waals surface area contributed by atoms with Gasteiger partial charge in [0, 0.05) is 42.2 Å². The summed E-state index contributed by atoms with van der Waals surface area (Å²) in [5, 5.41) is 13.1. The number of β-amino-alcohol motifs (C(OH)–C–C–N with tert-alkyl or cyclic N) is 1. The lowest BCUT2D eigenvalue weighted by Gasteiger charge is -2.32. The first-order chi connectivity index (χ1) is 25.6. The summed E-state index contributed by atoms with van der Waals surface area (Å²) in [6, 6.07) is 7.85. The zero-order valence-electron chi connectivity index (χ0n) is 31.7. The molecule has 10 heteroatoms. The fourth-order valence-electron chi connectivity index (χ4n) is 9.78. The average Bonchev–Trinajstić information content (AvgIpc) is 3.73. The van der Waals surface area contributed by atoms with Crippen molar-refractivity contribution in [3.05, 3.63) is 70.8 Å². The summed E-state index contributed by atoms with van der Waals surface area (Å²) >= 11 is 0. The minimum atomic E-state index is -1.10. The van der Waals surface area contributed by atoms with Gasteiger partial charge in [0.15, 0.2) is 0 Å². The first-order valence-corrected chi connectivity index (χ1v) is 19.4. The second kappa shape index (κ2) is 13.4. The maximum atomic E-state index is 15.6. The van der Waals surface area contributed by atoms with Gasteiger partial charge in [0.05, 0.1) is 36.7 Å². The molecule has 8 nitrogen and oxygen atoms in total. The lowest BCUT2D eigenvalue weighted by molar-refractivity contribution is -0.0123. The van der Waals surface area contributed by atoms with Crippen molar-refractivity contribution in [1.29, 1.82) is 0 Å². The van der Waals surface area contributed by atoms with E-state index in [9.17, 15) is 9.50 Å². The molecule has 1 unspecified atom stereocenters. The molecule has 0 amide bonds. The van der Waals surface area contributed by atoms with Crippen molar-refractivity contribution < 1.29 is 23.4 Å². The van der Waals surface area contributed by atoms with Gasteiger partial charge in [-0.2, -0.15) is 9.97 Å². The van der Waals surface area contributed by atoms with Crippen molar-refractivity contribution in [1.82, 2.24) is 19.9 Å². The number of aromatic nitrogens is 3. The molecule has 53 heavy (non-hydrogen) atoms. The second-order valence-electron chi connectivity index (χ2n) is 15.7. The molecule has 280 valence electrons. The Balaban J connectivity index is 0.00000197. The van der Waals surface area contributed by atoms with E-state index < -0.39 is 17.2 Å². The van der Waals surface area contributed by atoms with E-state index in [2.05, 4.69) is 29.4 Å². The molecule has 2 aromatic carbocycles. The van der Waals surface area contributed by atoms with E-state index in [1.807, 2.05) is 45.2 Å². The van der Waals surface area contributed by atoms with Gasteiger partial charge >= 0.3 is 6.01 Å². The van der Waals surface area contributed by atoms with Crippen LogP contribution in [-0.2, 0) is 16.6 Å². The third-order valence-corrected chi connectivity index (χ3v) is 12.2. The lowest BCUT2D eigenvalue weighted by atomic mass is 9.84. The zero-order valence-corrected chi connectivity index (χ0v) is 31.7. The van der Waals surface area contributed by atoms with Crippen LogP contribution >= 0.6 is 0 Å². The Kier molecular flexibility index (Phi) is 9.10. The van der Waals surface area contributed by atoms with Gasteiger partial charge in [0.2, 0.25) is 0 Å². The summed E-state index contributed by atoms with van der Waals surface area (Å²) in [6.07, 6.45) is 7.47. The molecule has 2 aromatic heterocycles. The molecule has 3 atom stereocenters. The maximum absolute atomic E-state index is 15.6. The van der Waals surface area contributed by atoms with E-state index >= 15 is 4.39 Å². The number of fused-ring (bicyclic) bond motifs is 7. The van der Waals surface area contributed by atoms with Crippen molar-refractivity contribution in [3.8, 4) is 28.4 Å². The summed E-state index contributed by atoms with van der Waals surface area (Å²) in [5.74, 6) is 0.464. The van der Waals surface area contributed by atoms with Crippen LogP contribution in [0.4, 0.5) is 14.6 Å². The number of hydrogen-bond acceptors (Lipinski definition) is 8. The molecule has 1 spiro atoms. The Bertz CT molecular complexity index is 2100. The number of rotatable bonds is 7. The first-order valence-electron chi connectivity index (χ1n) is 19.4. The summed E-state index contributed by atoms with van der Waals surface area (Å²) in [4.78, 5) is 19.8. The van der Waals surface area contributed by atoms with E-state index in [0.717, 1.165) is 87.8 Å². The van der Waals surface area contributed by atoms with E-state index in [1.165, 1.54) is 0 Å². The van der Waals surface area contributed by atoms with Crippen molar-refractivity contribution >= 4 is 22.7 Å². The van der Waals surface area contributed by atoms with Gasteiger partial charge in [-0.05, 0) is 103 Å². The molecule has 5 aliphatic rings. The summed E-state index contributed by atoms with van der Waals surface area (Å²) in [6.45, 7) is 17.2. The second-order valence-corrected chi connectivity index (χ2v) is 15.7. The normalized spacial score (nSPS) is 25.4. The van der Waals surface area contributed by atoms with Crippen LogP contribution in [0.5, 0.6) is 6.01 Å². The standard InChI is InChI=1S/C41H45F2N5O3.C2H6/c1-5-27-24(3)18-25-8-9-30(43)28(6-2)31(25)32(27)35-34-29(10-14-44-35)33-36(41(34)12-13-41)45-38(46-37(33)47-16-17-50-22-39(4,49)21-47)51-23-40-11-7-15-48(40)20-26(42)19-40;1-2/h5,8-10,14,18,26,49H,1,6-7,11-13,15-17,19-23H2,2-4H3;1-2H3/t26?,39-,40-;/m0./s1. The van der Waals surface area contributed by atoms with E-state index in [-0.39, 0.29) is 24.0 Å². The van der Waals surface area contributed by atoms with Crippen LogP contribution in [0.2, 0.25) is 0 Å². The quantitative estimate of drug-likeness (QED) is 0.206. The highest BCUT2D eigenvalue weighted by Crippen LogP contribution is 2.65. The van der Waals surface area contributed by atoms with Gasteiger partial charge in [0.25, 0.3) is 0 Å². The van der Waals surface area contributed by atoms with Gasteiger partial charge in [-0.1, -0.05) is 45.6 Å². The van der Waals surface area contributed by atoms with Crippen molar-refractivity contribution in [2.75, 3.05) is 50.9 Å². The monoisotopic (exact) mass is 723 g/mol. The number of hydrogen-bond donors (Lipinski definition) is 1. The Morgan fingerprint density at radius 1 is 1.13 bits per heavy atom. The van der Waals surface area contributed by atoms with Gasteiger partial charge in [-0.25, -0.2) is 8.78 Å². The number of benzene rings is 2. The molecule has 2 aliphatic carbocycles. The number of ether oxygens (including phenoxy) is 2. The number of pyridine rings is 1. The zero-order chi connectivity index (χ0) is 37.3. The number of aliphatic hydroxyl groups is 1.